The molecule has 1 saturated heterocycles. The summed E-state index contributed by atoms with van der Waals surface area (Å²) in [5, 5.41) is 0. The fourth-order valence-electron chi connectivity index (χ4n) is 4.20. The van der Waals surface area contributed by atoms with Crippen LogP contribution >= 0.6 is 0 Å². The number of benzene rings is 3. The zero-order chi connectivity index (χ0) is 25.2. The molecule has 0 spiro atoms. The molecule has 0 atom stereocenters. The molecule has 36 heavy (non-hydrogen) atoms. The van der Waals surface area contributed by atoms with Crippen LogP contribution in [0, 0.1) is 6.92 Å². The second kappa shape index (κ2) is 9.38. The van der Waals surface area contributed by atoms with E-state index in [1.54, 1.807) is 67.8 Å². The van der Waals surface area contributed by atoms with Crippen LogP contribution in [0.15, 0.2) is 103 Å². The lowest BCUT2D eigenvalue weighted by Gasteiger charge is -2.33. The second-order valence-corrected chi connectivity index (χ2v) is 8.28. The molecule has 5 rings (SSSR count). The van der Waals surface area contributed by atoms with Gasteiger partial charge in [-0.25, -0.2) is 14.6 Å². The van der Waals surface area contributed by atoms with E-state index in [0.717, 1.165) is 26.9 Å². The van der Waals surface area contributed by atoms with Crippen molar-refractivity contribution in [3.8, 4) is 11.4 Å². The number of aryl methyl sites for hydroxylation is 1. The van der Waals surface area contributed by atoms with E-state index in [0.29, 0.717) is 16.9 Å². The van der Waals surface area contributed by atoms with Crippen LogP contribution in [0.2, 0.25) is 0 Å². The fourth-order valence-corrected chi connectivity index (χ4v) is 4.20. The van der Waals surface area contributed by atoms with Gasteiger partial charge in [0.1, 0.15) is 11.3 Å². The third-order valence-electron chi connectivity index (χ3n) is 5.97. The van der Waals surface area contributed by atoms with Gasteiger partial charge < -0.3 is 9.30 Å². The maximum Gasteiger partial charge on any atom is 0.343 e. The molecule has 178 valence electrons. The molecule has 0 N–H and O–H groups in total. The Morgan fingerprint density at radius 2 is 1.22 bits per heavy atom. The number of urea groups is 1. The van der Waals surface area contributed by atoms with Crippen LogP contribution < -0.4 is 14.5 Å². The zero-order valence-corrected chi connectivity index (χ0v) is 19.8. The summed E-state index contributed by atoms with van der Waals surface area (Å²) < 4.78 is 7.19. The number of hydrogen-bond acceptors (Lipinski definition) is 4. The minimum Gasteiger partial charge on any atom is -0.497 e. The molecule has 0 bridgehead atoms. The maximum atomic E-state index is 13.5. The minimum atomic E-state index is -0.716. The molecule has 2 heterocycles. The van der Waals surface area contributed by atoms with E-state index in [1.807, 2.05) is 48.0 Å². The number of hydrogen-bond donors (Lipinski definition) is 0. The highest BCUT2D eigenvalue weighted by atomic mass is 16.5. The predicted octanol–water partition coefficient (Wildman–Crippen LogP) is 5.38. The summed E-state index contributed by atoms with van der Waals surface area (Å²) in [6.07, 6.45) is 3.39. The monoisotopic (exact) mass is 477 g/mol. The Kier molecular flexibility index (Phi) is 5.96. The summed E-state index contributed by atoms with van der Waals surface area (Å²) in [5.74, 6) is -0.590. The van der Waals surface area contributed by atoms with Crippen LogP contribution in [0.4, 0.5) is 16.2 Å². The molecular formula is C29H23N3O4. The Morgan fingerprint density at radius 1 is 0.694 bits per heavy atom. The van der Waals surface area contributed by atoms with Crippen LogP contribution in [0.3, 0.4) is 0 Å². The van der Waals surface area contributed by atoms with Gasteiger partial charge in [0.05, 0.1) is 18.5 Å². The largest absolute Gasteiger partial charge is 0.497 e. The van der Waals surface area contributed by atoms with Crippen molar-refractivity contribution in [1.29, 1.82) is 0 Å². The van der Waals surface area contributed by atoms with E-state index in [9.17, 15) is 14.4 Å². The molecule has 0 radical (unpaired) electrons. The van der Waals surface area contributed by atoms with Gasteiger partial charge in [-0.2, -0.15) is 0 Å². The molecule has 4 amide bonds. The van der Waals surface area contributed by atoms with Crippen LogP contribution in [0.5, 0.6) is 5.75 Å². The number of aromatic nitrogens is 1. The Morgan fingerprint density at radius 3 is 1.72 bits per heavy atom. The van der Waals surface area contributed by atoms with E-state index in [-0.39, 0.29) is 5.57 Å². The van der Waals surface area contributed by atoms with Gasteiger partial charge in [0.25, 0.3) is 11.8 Å². The minimum absolute atomic E-state index is 0.103. The third-order valence-corrected chi connectivity index (χ3v) is 5.97. The lowest BCUT2D eigenvalue weighted by atomic mass is 10.1. The normalized spacial score (nSPS) is 13.8. The second-order valence-electron chi connectivity index (χ2n) is 8.28. The average molecular weight is 478 g/mol. The Bertz CT molecular complexity index is 1410. The Labute approximate surface area is 208 Å². The highest BCUT2D eigenvalue weighted by Crippen LogP contribution is 2.30. The lowest BCUT2D eigenvalue weighted by Crippen LogP contribution is -2.57. The average Bonchev–Trinajstić information content (AvgIpc) is 3.28. The van der Waals surface area contributed by atoms with Crippen molar-refractivity contribution in [3.05, 3.63) is 114 Å². The van der Waals surface area contributed by atoms with Gasteiger partial charge in [0.15, 0.2) is 0 Å². The number of anilines is 2. The maximum absolute atomic E-state index is 13.5. The highest BCUT2D eigenvalue weighted by molar-refractivity contribution is 6.46. The van der Waals surface area contributed by atoms with Crippen LogP contribution in [-0.4, -0.2) is 29.5 Å². The smallest absolute Gasteiger partial charge is 0.343 e. The van der Waals surface area contributed by atoms with Gasteiger partial charge in [-0.05, 0) is 73.2 Å². The van der Waals surface area contributed by atoms with Gasteiger partial charge in [-0.15, -0.1) is 0 Å². The van der Waals surface area contributed by atoms with E-state index in [1.165, 1.54) is 6.08 Å². The zero-order valence-electron chi connectivity index (χ0n) is 19.8. The number of ether oxygens (including phenoxy) is 1. The van der Waals surface area contributed by atoms with Gasteiger partial charge in [0, 0.05) is 17.6 Å². The van der Waals surface area contributed by atoms with Crippen molar-refractivity contribution in [3.63, 3.8) is 0 Å². The van der Waals surface area contributed by atoms with Gasteiger partial charge >= 0.3 is 6.03 Å². The summed E-state index contributed by atoms with van der Waals surface area (Å²) in [6.45, 7) is 1.94. The van der Waals surface area contributed by atoms with E-state index >= 15 is 0 Å². The first-order valence-corrected chi connectivity index (χ1v) is 11.4. The number of amides is 4. The summed E-state index contributed by atoms with van der Waals surface area (Å²) in [5.41, 5.74) is 3.16. The molecule has 1 aliphatic rings. The summed E-state index contributed by atoms with van der Waals surface area (Å²) in [7, 11) is 1.61. The first-order valence-electron chi connectivity index (χ1n) is 11.4. The van der Waals surface area contributed by atoms with Gasteiger partial charge in [-0.3, -0.25) is 9.59 Å². The van der Waals surface area contributed by atoms with Gasteiger partial charge in [0.2, 0.25) is 0 Å². The highest BCUT2D eigenvalue weighted by Gasteiger charge is 2.43. The Hall–Kier alpha value is -4.91. The lowest BCUT2D eigenvalue weighted by molar-refractivity contribution is -0.121. The third kappa shape index (κ3) is 4.07. The molecular weight excluding hydrogens is 454 g/mol. The number of barbiturate groups is 1. The molecule has 3 aromatic carbocycles. The van der Waals surface area contributed by atoms with E-state index < -0.39 is 17.8 Å². The van der Waals surface area contributed by atoms with Gasteiger partial charge in [-0.1, -0.05) is 36.4 Å². The molecule has 1 aliphatic heterocycles. The quantitative estimate of drug-likeness (QED) is 0.286. The molecule has 7 heteroatoms. The summed E-state index contributed by atoms with van der Waals surface area (Å²) in [4.78, 5) is 42.5. The van der Waals surface area contributed by atoms with Crippen LogP contribution in [-0.2, 0) is 9.59 Å². The molecule has 0 aliphatic carbocycles. The first-order chi connectivity index (χ1) is 17.5. The van der Waals surface area contributed by atoms with Crippen molar-refractivity contribution >= 4 is 35.3 Å². The molecule has 1 fully saturated rings. The number of carbonyl (C=O) groups is 3. The van der Waals surface area contributed by atoms with Crippen LogP contribution in [0.25, 0.3) is 11.8 Å². The first kappa shape index (κ1) is 22.9. The summed E-state index contributed by atoms with van der Waals surface area (Å²) >= 11 is 0. The Balaban J connectivity index is 1.59. The number of nitrogens with zero attached hydrogens (tertiary/aromatic N) is 3. The van der Waals surface area contributed by atoms with E-state index in [4.69, 9.17) is 4.74 Å². The van der Waals surface area contributed by atoms with Crippen LogP contribution in [0.1, 0.15) is 11.3 Å². The molecule has 0 unspecified atom stereocenters. The SMILES string of the molecule is COc1ccc(-n2cc(C=C3C(=O)N(c4ccccc4)C(=O)N(c4ccccc4)C3=O)cc2C)cc1. The molecule has 1 aromatic heterocycles. The van der Waals surface area contributed by atoms with E-state index in [2.05, 4.69) is 0 Å². The molecule has 0 saturated carbocycles. The molecule has 7 nitrogen and oxygen atoms in total. The number of para-hydroxylation sites is 2. The van der Waals surface area contributed by atoms with Crippen molar-refractivity contribution in [2.45, 2.75) is 6.92 Å². The standard InChI is InChI=1S/C29H23N3O4/c1-20-17-21(19-30(20)22-13-15-25(36-2)16-14-22)18-26-27(33)31(23-9-5-3-6-10-23)29(35)32(28(26)34)24-11-7-4-8-12-24/h3-19H,1-2H3. The number of imide groups is 2. The summed E-state index contributed by atoms with van der Waals surface area (Å²) in [6, 6.07) is 25.9. The van der Waals surface area contributed by atoms with Crippen molar-refractivity contribution in [2.75, 3.05) is 16.9 Å². The fraction of sp³-hybridized carbons (Fsp3) is 0.0690. The predicted molar refractivity (Wildman–Crippen MR) is 138 cm³/mol. The number of methoxy groups -OCH3 is 1. The molecule has 4 aromatic rings. The number of rotatable bonds is 5. The van der Waals surface area contributed by atoms with Crippen molar-refractivity contribution in [2.24, 2.45) is 0 Å². The topological polar surface area (TPSA) is 71.8 Å². The van der Waals surface area contributed by atoms with Crippen molar-refractivity contribution < 1.29 is 19.1 Å². The van der Waals surface area contributed by atoms with Crippen molar-refractivity contribution in [1.82, 2.24) is 4.57 Å². The number of carbonyl (C=O) groups excluding carboxylic acids is 3.